The zero-order valence-electron chi connectivity index (χ0n) is 21.1. The number of rotatable bonds is 5. The number of hydrogen-bond acceptors (Lipinski definition) is 5. The number of fused-ring (bicyclic) bond motifs is 2. The third-order valence-electron chi connectivity index (χ3n) is 7.60. The zero-order valence-corrected chi connectivity index (χ0v) is 21.9. The van der Waals surface area contributed by atoms with E-state index in [0.717, 1.165) is 25.0 Å². The van der Waals surface area contributed by atoms with E-state index in [1.807, 2.05) is 27.7 Å². The van der Waals surface area contributed by atoms with E-state index >= 15 is 0 Å². The monoisotopic (exact) mass is 473 g/mol. The Morgan fingerprint density at radius 2 is 2.09 bits per heavy atom. The second-order valence-corrected chi connectivity index (χ2v) is 12.7. The minimum atomic E-state index is -0.592. The van der Waals surface area contributed by atoms with E-state index in [2.05, 4.69) is 25.1 Å². The molecule has 2 aliphatic carbocycles. The number of carbonyl (C=O) groups excluding carboxylic acids is 2. The second-order valence-electron chi connectivity index (χ2n) is 11.6. The number of terminal acetylenes is 1. The van der Waals surface area contributed by atoms with E-state index in [0.29, 0.717) is 11.6 Å². The van der Waals surface area contributed by atoms with Crippen molar-refractivity contribution in [1.29, 1.82) is 0 Å². The van der Waals surface area contributed by atoms with E-state index in [9.17, 15) is 14.7 Å². The highest BCUT2D eigenvalue weighted by Gasteiger charge is 2.54. The molecule has 2 N–H and O–H groups in total. The zero-order chi connectivity index (χ0) is 24.7. The molecule has 1 heterocycles. The van der Waals surface area contributed by atoms with Gasteiger partial charge in [0.2, 0.25) is 11.8 Å². The van der Waals surface area contributed by atoms with Gasteiger partial charge >= 0.3 is 0 Å². The van der Waals surface area contributed by atoms with Crippen LogP contribution in [-0.4, -0.2) is 46.5 Å². The van der Waals surface area contributed by atoms with E-state index in [4.69, 9.17) is 11.4 Å². The molecule has 0 aromatic carbocycles. The molecule has 1 aromatic heterocycles. The summed E-state index contributed by atoms with van der Waals surface area (Å²) in [6, 6.07) is 0. The number of hydrogen-bond donors (Lipinski definition) is 2. The number of aliphatic hydroxyl groups is 1. The van der Waals surface area contributed by atoms with Gasteiger partial charge in [0.25, 0.3) is 0 Å². The number of aliphatic hydroxyl groups excluding tert-OH is 1. The van der Waals surface area contributed by atoms with Crippen LogP contribution in [-0.2, 0) is 16.0 Å². The molecule has 2 amide bonds. The molecule has 1 saturated carbocycles. The first kappa shape index (κ1) is 25.7. The van der Waals surface area contributed by atoms with Crippen molar-refractivity contribution < 1.29 is 14.7 Å². The van der Waals surface area contributed by atoms with Crippen LogP contribution < -0.4 is 5.32 Å². The Hall–Kier alpha value is -1.91. The molecule has 182 valence electrons. The van der Waals surface area contributed by atoms with E-state index in [-0.39, 0.29) is 52.9 Å². The van der Waals surface area contributed by atoms with Crippen molar-refractivity contribution in [3.05, 3.63) is 10.6 Å². The van der Waals surface area contributed by atoms with Crippen LogP contribution in [0, 0.1) is 40.9 Å². The van der Waals surface area contributed by atoms with E-state index < -0.39 is 6.10 Å². The number of thiazole rings is 1. The summed E-state index contributed by atoms with van der Waals surface area (Å²) >= 11 is 1.57. The molecule has 0 radical (unpaired) electrons. The van der Waals surface area contributed by atoms with Gasteiger partial charge in [-0.3, -0.25) is 9.59 Å². The maximum Gasteiger partial charge on any atom is 0.226 e. The minimum Gasteiger partial charge on any atom is -0.392 e. The van der Waals surface area contributed by atoms with Crippen LogP contribution in [0.5, 0.6) is 0 Å². The molecule has 7 heteroatoms. The van der Waals surface area contributed by atoms with Crippen molar-refractivity contribution in [2.24, 2.45) is 28.6 Å². The fourth-order valence-corrected chi connectivity index (χ4v) is 7.27. The van der Waals surface area contributed by atoms with Crippen LogP contribution in [0.1, 0.15) is 77.3 Å². The van der Waals surface area contributed by atoms with Crippen molar-refractivity contribution in [2.45, 2.75) is 79.2 Å². The number of nitrogens with one attached hydrogen (secondary N) is 1. The molecule has 0 saturated heterocycles. The van der Waals surface area contributed by atoms with Gasteiger partial charge in [-0.15, -0.1) is 17.8 Å². The fourth-order valence-electron chi connectivity index (χ4n) is 5.99. The Morgan fingerprint density at radius 3 is 2.70 bits per heavy atom. The highest BCUT2D eigenvalue weighted by molar-refractivity contribution is 7.15. The van der Waals surface area contributed by atoms with Crippen LogP contribution >= 0.6 is 11.3 Å². The summed E-state index contributed by atoms with van der Waals surface area (Å²) in [5.41, 5.74) is 0.837. The molecular weight excluding hydrogens is 434 g/mol. The average Bonchev–Trinajstić information content (AvgIpc) is 3.07. The van der Waals surface area contributed by atoms with Crippen LogP contribution in [0.4, 0.5) is 5.13 Å². The maximum absolute atomic E-state index is 12.9. The summed E-state index contributed by atoms with van der Waals surface area (Å²) in [6.45, 7) is 12.7. The van der Waals surface area contributed by atoms with Crippen LogP contribution in [0.15, 0.2) is 0 Å². The Balaban J connectivity index is 1.81. The summed E-state index contributed by atoms with van der Waals surface area (Å²) in [7, 11) is 1.72. The molecule has 33 heavy (non-hydrogen) atoms. The van der Waals surface area contributed by atoms with Gasteiger partial charge in [-0.25, -0.2) is 4.98 Å². The van der Waals surface area contributed by atoms with Crippen molar-refractivity contribution in [1.82, 2.24) is 9.88 Å². The third-order valence-corrected chi connectivity index (χ3v) is 8.58. The molecule has 1 aromatic rings. The number of nitrogens with zero attached hydrogens (tertiary/aromatic N) is 2. The van der Waals surface area contributed by atoms with Crippen molar-refractivity contribution >= 4 is 28.3 Å². The molecule has 0 aliphatic heterocycles. The van der Waals surface area contributed by atoms with Crippen LogP contribution in [0.3, 0.4) is 0 Å². The molecule has 6 atom stereocenters. The smallest absolute Gasteiger partial charge is 0.226 e. The Kier molecular flexibility index (Phi) is 7.31. The average molecular weight is 474 g/mol. The number of amides is 2. The highest BCUT2D eigenvalue weighted by Crippen LogP contribution is 2.57. The highest BCUT2D eigenvalue weighted by atomic mass is 32.1. The normalized spacial score (nSPS) is 29.9. The molecule has 0 unspecified atom stereocenters. The van der Waals surface area contributed by atoms with Gasteiger partial charge in [0.1, 0.15) is 0 Å². The summed E-state index contributed by atoms with van der Waals surface area (Å²) in [5, 5.41) is 15.2. The summed E-state index contributed by atoms with van der Waals surface area (Å²) in [6.07, 6.45) is 7.82. The van der Waals surface area contributed by atoms with Gasteiger partial charge in [-0.2, -0.15) is 0 Å². The Labute approximate surface area is 202 Å². The maximum atomic E-state index is 12.9. The fraction of sp³-hybridized carbons (Fsp3) is 0.731. The standard InChI is InChI=1S/C26H39N3O3S/c1-9-12-29(8)23(32)15(2)17-10-11-26(7)13-18-21(16(3)20(26)22(17)31)28-24(33-18)27-19(30)14-25(4,5)6/h1,15-17,20,22,31H,10-14H2,2-8H3,(H,27,28,30)/t15-,16+,17-,20+,22-,26+/m0/s1. The number of carbonyl (C=O) groups is 2. The van der Waals surface area contributed by atoms with Crippen LogP contribution in [0.2, 0.25) is 0 Å². The Bertz CT molecular complexity index is 944. The lowest BCUT2D eigenvalue weighted by Gasteiger charge is -2.53. The molecule has 3 rings (SSSR count). The Morgan fingerprint density at radius 1 is 1.42 bits per heavy atom. The SMILES string of the molecule is C#CCN(C)C(=O)[C@@H](C)[C@@H]1CC[C@]2(C)Cc3sc(NC(=O)CC(C)(C)C)nc3[C@H](C)[C@@H]2[C@H]1O. The molecule has 1 fully saturated rings. The molecule has 0 bridgehead atoms. The lowest BCUT2D eigenvalue weighted by molar-refractivity contribution is -0.142. The molecule has 0 spiro atoms. The van der Waals surface area contributed by atoms with Crippen LogP contribution in [0.25, 0.3) is 0 Å². The first-order valence-corrected chi connectivity index (χ1v) is 12.7. The summed E-state index contributed by atoms with van der Waals surface area (Å²) in [5.74, 6) is 2.15. The predicted molar refractivity (Wildman–Crippen MR) is 133 cm³/mol. The topological polar surface area (TPSA) is 82.5 Å². The summed E-state index contributed by atoms with van der Waals surface area (Å²) in [4.78, 5) is 32.9. The lowest BCUT2D eigenvalue weighted by Crippen LogP contribution is -2.53. The number of anilines is 1. The van der Waals surface area contributed by atoms with Gasteiger partial charge in [0.05, 0.1) is 18.3 Å². The second kappa shape index (κ2) is 9.38. The first-order chi connectivity index (χ1) is 15.3. The number of aromatic nitrogens is 1. The molecule has 6 nitrogen and oxygen atoms in total. The largest absolute Gasteiger partial charge is 0.392 e. The quantitative estimate of drug-likeness (QED) is 0.625. The third kappa shape index (κ3) is 5.27. The minimum absolute atomic E-state index is 0.0113. The first-order valence-electron chi connectivity index (χ1n) is 11.9. The van der Waals surface area contributed by atoms with E-state index in [1.54, 1.807) is 23.3 Å². The molecule has 2 aliphatic rings. The van der Waals surface area contributed by atoms with Crippen molar-refractivity contribution in [2.75, 3.05) is 18.9 Å². The van der Waals surface area contributed by atoms with Gasteiger partial charge in [-0.05, 0) is 41.9 Å². The summed E-state index contributed by atoms with van der Waals surface area (Å²) < 4.78 is 0. The predicted octanol–water partition coefficient (Wildman–Crippen LogP) is 4.30. The van der Waals surface area contributed by atoms with E-state index in [1.165, 1.54) is 4.88 Å². The molecular formula is C26H39N3O3S. The van der Waals surface area contributed by atoms with Crippen molar-refractivity contribution in [3.63, 3.8) is 0 Å². The van der Waals surface area contributed by atoms with Crippen molar-refractivity contribution in [3.8, 4) is 12.3 Å². The van der Waals surface area contributed by atoms with Gasteiger partial charge < -0.3 is 15.3 Å². The lowest BCUT2D eigenvalue weighted by atomic mass is 9.53. The van der Waals surface area contributed by atoms with Gasteiger partial charge in [-0.1, -0.05) is 47.5 Å². The van der Waals surface area contributed by atoms with Gasteiger partial charge in [0.15, 0.2) is 5.13 Å². The van der Waals surface area contributed by atoms with Gasteiger partial charge in [0, 0.05) is 30.2 Å².